The van der Waals surface area contributed by atoms with Crippen LogP contribution in [-0.2, 0) is 17.6 Å². The second-order valence-corrected chi connectivity index (χ2v) is 8.55. The summed E-state index contributed by atoms with van der Waals surface area (Å²) in [5.74, 6) is 2.23. The van der Waals surface area contributed by atoms with Crippen LogP contribution in [0.25, 0.3) is 17.1 Å². The Labute approximate surface area is 196 Å². The Balaban J connectivity index is 1.63. The zero-order valence-electron chi connectivity index (χ0n) is 18.9. The number of benzene rings is 1. The van der Waals surface area contributed by atoms with E-state index in [1.54, 1.807) is 25.4 Å². The van der Waals surface area contributed by atoms with Crippen molar-refractivity contribution in [3.05, 3.63) is 65.7 Å². The average Bonchev–Trinajstić information content (AvgIpc) is 3.44. The summed E-state index contributed by atoms with van der Waals surface area (Å²) in [5, 5.41) is 16.3. The van der Waals surface area contributed by atoms with Crippen LogP contribution in [0.1, 0.15) is 37.2 Å². The van der Waals surface area contributed by atoms with E-state index in [4.69, 9.17) is 4.52 Å². The minimum Gasteiger partial charge on any atom is -0.360 e. The molecule has 0 saturated carbocycles. The van der Waals surface area contributed by atoms with E-state index < -0.39 is 0 Å². The first-order valence-corrected chi connectivity index (χ1v) is 11.9. The fraction of sp³-hybridized carbons (Fsp3) is 0.292. The van der Waals surface area contributed by atoms with E-state index in [2.05, 4.69) is 62.3 Å². The standard InChI is InChI=1S/C24H26N6O2S/c1-4-17-8-6-9-18(5-2)22(17)30-23(19-10-7-12-25-15-19)27-28-24(30)33-13-11-21(31)26-20-14-16(3)32-29-20/h6-10,12,14-15H,4-5,11,13H2,1-3H3,(H,26,29,31). The Morgan fingerprint density at radius 1 is 1.12 bits per heavy atom. The van der Waals surface area contributed by atoms with E-state index in [-0.39, 0.29) is 5.91 Å². The van der Waals surface area contributed by atoms with Gasteiger partial charge in [0.05, 0.1) is 5.69 Å². The molecule has 1 N–H and O–H groups in total. The van der Waals surface area contributed by atoms with Crippen LogP contribution in [0, 0.1) is 6.92 Å². The lowest BCUT2D eigenvalue weighted by Gasteiger charge is -2.17. The molecule has 0 bridgehead atoms. The Morgan fingerprint density at radius 2 is 1.91 bits per heavy atom. The molecule has 0 fully saturated rings. The molecule has 0 aliphatic rings. The maximum absolute atomic E-state index is 12.3. The SMILES string of the molecule is CCc1cccc(CC)c1-n1c(SCCC(=O)Nc2cc(C)on2)nnc1-c1cccnc1. The first-order chi connectivity index (χ1) is 16.1. The summed E-state index contributed by atoms with van der Waals surface area (Å²) in [5.41, 5.74) is 4.45. The van der Waals surface area contributed by atoms with Gasteiger partial charge >= 0.3 is 0 Å². The van der Waals surface area contributed by atoms with Crippen LogP contribution < -0.4 is 5.32 Å². The third kappa shape index (κ3) is 5.14. The highest BCUT2D eigenvalue weighted by Crippen LogP contribution is 2.32. The van der Waals surface area contributed by atoms with E-state index in [1.807, 2.05) is 12.1 Å². The molecule has 170 valence electrons. The van der Waals surface area contributed by atoms with Gasteiger partial charge in [0.2, 0.25) is 5.91 Å². The fourth-order valence-corrected chi connectivity index (χ4v) is 4.49. The van der Waals surface area contributed by atoms with Gasteiger partial charge < -0.3 is 9.84 Å². The van der Waals surface area contributed by atoms with Gasteiger partial charge in [-0.3, -0.25) is 14.3 Å². The highest BCUT2D eigenvalue weighted by molar-refractivity contribution is 7.99. The number of thioether (sulfide) groups is 1. The maximum Gasteiger partial charge on any atom is 0.226 e. The van der Waals surface area contributed by atoms with Crippen LogP contribution in [0.4, 0.5) is 5.82 Å². The lowest BCUT2D eigenvalue weighted by molar-refractivity contribution is -0.115. The highest BCUT2D eigenvalue weighted by atomic mass is 32.2. The van der Waals surface area contributed by atoms with Crippen molar-refractivity contribution >= 4 is 23.5 Å². The molecule has 33 heavy (non-hydrogen) atoms. The normalized spacial score (nSPS) is 11.0. The number of hydrogen-bond acceptors (Lipinski definition) is 7. The van der Waals surface area contributed by atoms with Crippen molar-refractivity contribution in [2.45, 2.75) is 45.2 Å². The monoisotopic (exact) mass is 462 g/mol. The van der Waals surface area contributed by atoms with Gasteiger partial charge in [-0.1, -0.05) is 49.0 Å². The first-order valence-electron chi connectivity index (χ1n) is 10.9. The van der Waals surface area contributed by atoms with Gasteiger partial charge in [0, 0.05) is 36.2 Å². The number of para-hydroxylation sites is 1. The Morgan fingerprint density at radius 3 is 2.55 bits per heavy atom. The number of nitrogens with one attached hydrogen (secondary N) is 1. The van der Waals surface area contributed by atoms with Crippen molar-refractivity contribution in [3.8, 4) is 17.1 Å². The zero-order chi connectivity index (χ0) is 23.2. The number of pyridine rings is 1. The molecule has 8 nitrogen and oxygen atoms in total. The van der Waals surface area contributed by atoms with Crippen molar-refractivity contribution in [1.29, 1.82) is 0 Å². The smallest absolute Gasteiger partial charge is 0.226 e. The Hall–Kier alpha value is -3.46. The van der Waals surface area contributed by atoms with Crippen LogP contribution in [0.5, 0.6) is 0 Å². The number of rotatable bonds is 9. The number of carbonyl (C=O) groups excluding carboxylic acids is 1. The molecule has 3 heterocycles. The number of aromatic nitrogens is 5. The topological polar surface area (TPSA) is 98.7 Å². The van der Waals surface area contributed by atoms with E-state index in [0.717, 1.165) is 35.1 Å². The van der Waals surface area contributed by atoms with Gasteiger partial charge in [-0.25, -0.2) is 0 Å². The lowest BCUT2D eigenvalue weighted by atomic mass is 10.0. The first kappa shape index (κ1) is 22.7. The Bertz CT molecular complexity index is 1210. The molecule has 1 aromatic carbocycles. The summed E-state index contributed by atoms with van der Waals surface area (Å²) >= 11 is 1.50. The molecular weight excluding hydrogens is 436 g/mol. The predicted octanol–water partition coefficient (Wildman–Crippen LogP) is 4.87. The van der Waals surface area contributed by atoms with Crippen molar-refractivity contribution in [2.24, 2.45) is 0 Å². The molecule has 1 amide bonds. The third-order valence-corrected chi connectivity index (χ3v) is 6.13. The van der Waals surface area contributed by atoms with Crippen LogP contribution in [-0.4, -0.2) is 36.6 Å². The van der Waals surface area contributed by atoms with Crippen molar-refractivity contribution in [2.75, 3.05) is 11.1 Å². The molecule has 4 rings (SSSR count). The average molecular weight is 463 g/mol. The predicted molar refractivity (Wildman–Crippen MR) is 129 cm³/mol. The molecular formula is C24H26N6O2S. The number of nitrogens with zero attached hydrogens (tertiary/aromatic N) is 5. The summed E-state index contributed by atoms with van der Waals surface area (Å²) in [6.07, 6.45) is 5.62. The number of hydrogen-bond donors (Lipinski definition) is 1. The number of carbonyl (C=O) groups is 1. The van der Waals surface area contributed by atoms with Crippen molar-refractivity contribution in [3.63, 3.8) is 0 Å². The molecule has 0 aliphatic carbocycles. The third-order valence-electron chi connectivity index (χ3n) is 5.20. The van der Waals surface area contributed by atoms with Crippen LogP contribution in [0.3, 0.4) is 0 Å². The second-order valence-electron chi connectivity index (χ2n) is 7.48. The largest absolute Gasteiger partial charge is 0.360 e. The van der Waals surface area contributed by atoms with E-state index >= 15 is 0 Å². The molecule has 0 radical (unpaired) electrons. The zero-order valence-corrected chi connectivity index (χ0v) is 19.7. The molecule has 0 spiro atoms. The summed E-state index contributed by atoms with van der Waals surface area (Å²) < 4.78 is 7.11. The minimum absolute atomic E-state index is 0.127. The van der Waals surface area contributed by atoms with Gasteiger partial charge in [-0.2, -0.15) is 0 Å². The minimum atomic E-state index is -0.127. The highest BCUT2D eigenvalue weighted by Gasteiger charge is 2.20. The number of amides is 1. The van der Waals surface area contributed by atoms with E-state index in [0.29, 0.717) is 23.8 Å². The van der Waals surface area contributed by atoms with Crippen molar-refractivity contribution in [1.82, 2.24) is 24.9 Å². The molecule has 9 heteroatoms. The summed E-state index contributed by atoms with van der Waals surface area (Å²) in [6, 6.07) is 11.9. The van der Waals surface area contributed by atoms with Gasteiger partial charge in [-0.05, 0) is 43.0 Å². The quantitative estimate of drug-likeness (QED) is 0.354. The van der Waals surface area contributed by atoms with Crippen molar-refractivity contribution < 1.29 is 9.32 Å². The van der Waals surface area contributed by atoms with Gasteiger partial charge in [-0.15, -0.1) is 10.2 Å². The summed E-state index contributed by atoms with van der Waals surface area (Å²) in [4.78, 5) is 16.6. The molecule has 0 atom stereocenters. The second kappa shape index (κ2) is 10.4. The van der Waals surface area contributed by atoms with Crippen LogP contribution in [0.2, 0.25) is 0 Å². The molecule has 4 aromatic rings. The summed E-state index contributed by atoms with van der Waals surface area (Å²) in [6.45, 7) is 6.08. The summed E-state index contributed by atoms with van der Waals surface area (Å²) in [7, 11) is 0. The van der Waals surface area contributed by atoms with Gasteiger partial charge in [0.25, 0.3) is 0 Å². The lowest BCUT2D eigenvalue weighted by Crippen LogP contribution is -2.13. The van der Waals surface area contributed by atoms with Crippen LogP contribution in [0.15, 0.2) is 58.5 Å². The fourth-order valence-electron chi connectivity index (χ4n) is 3.61. The van der Waals surface area contributed by atoms with Gasteiger partial charge in [0.15, 0.2) is 16.8 Å². The molecule has 0 saturated heterocycles. The van der Waals surface area contributed by atoms with Gasteiger partial charge in [0.1, 0.15) is 5.76 Å². The molecule has 3 aromatic heterocycles. The molecule has 0 unspecified atom stereocenters. The van der Waals surface area contributed by atoms with E-state index in [1.165, 1.54) is 22.9 Å². The Kier molecular flexibility index (Phi) is 7.19. The van der Waals surface area contributed by atoms with Crippen LogP contribution >= 0.6 is 11.8 Å². The number of anilines is 1. The van der Waals surface area contributed by atoms with E-state index in [9.17, 15) is 4.79 Å². The maximum atomic E-state index is 12.3. The molecule has 0 aliphatic heterocycles. The number of aryl methyl sites for hydroxylation is 3.